The fourth-order valence-electron chi connectivity index (χ4n) is 5.87. The number of carbonyl (C=O) groups excluding carboxylic acids is 4. The number of hydrogen-bond acceptors (Lipinski definition) is 7. The third kappa shape index (κ3) is 10.1. The Balaban J connectivity index is 0.000000679. The summed E-state index contributed by atoms with van der Waals surface area (Å²) in [5.74, 6) is -2.63. The van der Waals surface area contributed by atoms with E-state index in [0.717, 1.165) is 55.2 Å². The quantitative estimate of drug-likeness (QED) is 0.179. The molecular weight excluding hydrogens is 683 g/mol. The Morgan fingerprint density at radius 1 is 0.923 bits per heavy atom. The van der Waals surface area contributed by atoms with Crippen molar-refractivity contribution in [2.45, 2.75) is 76.8 Å². The highest BCUT2D eigenvalue weighted by Gasteiger charge is 2.38. The first-order valence-electron chi connectivity index (χ1n) is 17.0. The standard InChI is InChI=1S/C35H39N5O5.C2HF3O2/c36-16-4-2-1-3-5-33(42)39-20-26-10-12-28(17-27(26)21-39)37-34(43)24-8-6-23(7-9-24)19-40(29-13-14-29)35(44)25-11-15-30-31(18-25)45-22-32(41)38-30;3-2(4,5)1(6)7/h6-12,15,17-18,29H,1-5,13-14,16,19-22,36H2,(H,37,43)(H,38,41);(H,6,7). The van der Waals surface area contributed by atoms with Crippen LogP contribution in [-0.2, 0) is 34.0 Å². The highest BCUT2D eigenvalue weighted by atomic mass is 19.4. The number of unbranched alkanes of at least 4 members (excludes halogenated alkanes) is 3. The van der Waals surface area contributed by atoms with Gasteiger partial charge in [-0.15, -0.1) is 0 Å². The minimum absolute atomic E-state index is 0.0699. The van der Waals surface area contributed by atoms with E-state index >= 15 is 0 Å². The van der Waals surface area contributed by atoms with Gasteiger partial charge in [0.1, 0.15) is 5.75 Å². The normalized spacial score (nSPS) is 14.5. The number of nitrogens with one attached hydrogen (secondary N) is 2. The van der Waals surface area contributed by atoms with Crippen LogP contribution in [0.4, 0.5) is 24.5 Å². The number of halogens is 3. The van der Waals surface area contributed by atoms with Crippen molar-refractivity contribution in [3.8, 4) is 5.75 Å². The van der Waals surface area contributed by atoms with Crippen LogP contribution in [0, 0.1) is 0 Å². The number of carbonyl (C=O) groups is 5. The number of nitrogens with two attached hydrogens (primary N) is 1. The minimum atomic E-state index is -5.08. The molecule has 0 aromatic heterocycles. The van der Waals surface area contributed by atoms with E-state index in [1.54, 1.807) is 30.3 Å². The monoisotopic (exact) mass is 723 g/mol. The van der Waals surface area contributed by atoms with Crippen LogP contribution >= 0.6 is 0 Å². The lowest BCUT2D eigenvalue weighted by Crippen LogP contribution is -2.33. The Morgan fingerprint density at radius 3 is 2.27 bits per heavy atom. The molecule has 0 saturated heterocycles. The molecule has 0 bridgehead atoms. The number of hydrogen-bond donors (Lipinski definition) is 4. The van der Waals surface area contributed by atoms with Crippen molar-refractivity contribution in [2.75, 3.05) is 23.8 Å². The molecule has 0 unspecified atom stereocenters. The summed E-state index contributed by atoms with van der Waals surface area (Å²) in [6, 6.07) is 18.4. The predicted octanol–water partition coefficient (Wildman–Crippen LogP) is 5.46. The summed E-state index contributed by atoms with van der Waals surface area (Å²) in [5.41, 5.74) is 10.9. The fourth-order valence-corrected chi connectivity index (χ4v) is 5.87. The van der Waals surface area contributed by atoms with E-state index in [0.29, 0.717) is 60.9 Å². The van der Waals surface area contributed by atoms with Crippen molar-refractivity contribution in [3.63, 3.8) is 0 Å². The molecule has 2 heterocycles. The topological polar surface area (TPSA) is 171 Å². The number of fused-ring (bicyclic) bond motifs is 2. The van der Waals surface area contributed by atoms with E-state index in [1.807, 2.05) is 40.1 Å². The highest BCUT2D eigenvalue weighted by molar-refractivity contribution is 6.04. The molecule has 2 aliphatic heterocycles. The number of benzene rings is 3. The second-order valence-electron chi connectivity index (χ2n) is 12.9. The molecule has 0 radical (unpaired) electrons. The highest BCUT2D eigenvalue weighted by Crippen LogP contribution is 2.33. The van der Waals surface area contributed by atoms with Gasteiger partial charge in [0, 0.05) is 48.9 Å². The van der Waals surface area contributed by atoms with Gasteiger partial charge in [0.15, 0.2) is 6.61 Å². The lowest BCUT2D eigenvalue weighted by molar-refractivity contribution is -0.192. The van der Waals surface area contributed by atoms with Crippen molar-refractivity contribution in [1.29, 1.82) is 0 Å². The molecule has 3 aliphatic rings. The molecule has 1 aliphatic carbocycles. The van der Waals surface area contributed by atoms with Crippen LogP contribution in [-0.4, -0.2) is 69.9 Å². The number of anilines is 2. The maximum absolute atomic E-state index is 13.5. The van der Waals surface area contributed by atoms with Gasteiger partial charge in [0.2, 0.25) is 5.91 Å². The van der Waals surface area contributed by atoms with Crippen LogP contribution in [0.15, 0.2) is 60.7 Å². The second-order valence-corrected chi connectivity index (χ2v) is 12.9. The van der Waals surface area contributed by atoms with Crippen LogP contribution < -0.4 is 21.1 Å². The SMILES string of the molecule is NCCCCCCC(=O)N1Cc2ccc(NC(=O)c3ccc(CN(C(=O)c4ccc5c(c4)OCC(=O)N5)C4CC4)cc3)cc2C1.O=C(O)C(F)(F)F. The molecule has 12 nitrogen and oxygen atoms in total. The van der Waals surface area contributed by atoms with Gasteiger partial charge < -0.3 is 36.0 Å². The molecule has 52 heavy (non-hydrogen) atoms. The Bertz CT molecular complexity index is 1810. The van der Waals surface area contributed by atoms with Gasteiger partial charge in [0.05, 0.1) is 5.69 Å². The van der Waals surface area contributed by atoms with Crippen molar-refractivity contribution in [3.05, 3.63) is 88.5 Å². The third-order valence-electron chi connectivity index (χ3n) is 8.81. The zero-order chi connectivity index (χ0) is 37.4. The molecule has 6 rings (SSSR count). The van der Waals surface area contributed by atoms with Gasteiger partial charge in [-0.05, 0) is 91.4 Å². The van der Waals surface area contributed by atoms with Gasteiger partial charge in [-0.3, -0.25) is 19.2 Å². The fraction of sp³-hybridized carbons (Fsp3) is 0.378. The van der Waals surface area contributed by atoms with Crippen LogP contribution in [0.25, 0.3) is 0 Å². The van der Waals surface area contributed by atoms with E-state index in [1.165, 1.54) is 0 Å². The van der Waals surface area contributed by atoms with Crippen LogP contribution in [0.2, 0.25) is 0 Å². The molecule has 3 aromatic carbocycles. The molecule has 5 N–H and O–H groups in total. The molecule has 15 heteroatoms. The number of nitrogens with zero attached hydrogens (tertiary/aromatic N) is 2. The van der Waals surface area contributed by atoms with E-state index in [4.69, 9.17) is 20.4 Å². The lowest BCUT2D eigenvalue weighted by Gasteiger charge is -2.24. The van der Waals surface area contributed by atoms with E-state index in [9.17, 15) is 32.3 Å². The molecule has 3 aromatic rings. The van der Waals surface area contributed by atoms with Gasteiger partial charge >= 0.3 is 12.1 Å². The number of carboxylic acid groups (broad SMARTS) is 1. The number of rotatable bonds is 12. The number of amides is 4. The summed E-state index contributed by atoms with van der Waals surface area (Å²) in [6.45, 7) is 2.21. The number of carboxylic acids is 1. The van der Waals surface area contributed by atoms with Crippen molar-refractivity contribution in [1.82, 2.24) is 9.80 Å². The summed E-state index contributed by atoms with van der Waals surface area (Å²) < 4.78 is 37.2. The summed E-state index contributed by atoms with van der Waals surface area (Å²) in [7, 11) is 0. The average molecular weight is 724 g/mol. The Kier molecular flexibility index (Phi) is 12.2. The zero-order valence-electron chi connectivity index (χ0n) is 28.3. The Morgan fingerprint density at radius 2 is 1.60 bits per heavy atom. The molecular formula is C37H40F3N5O7. The molecule has 4 amide bonds. The Labute approximate surface area is 298 Å². The zero-order valence-corrected chi connectivity index (χ0v) is 28.3. The van der Waals surface area contributed by atoms with Crippen molar-refractivity contribution >= 4 is 41.0 Å². The second kappa shape index (κ2) is 16.7. The van der Waals surface area contributed by atoms with E-state index in [2.05, 4.69) is 10.6 Å². The van der Waals surface area contributed by atoms with Gasteiger partial charge in [-0.25, -0.2) is 4.79 Å². The smallest absolute Gasteiger partial charge is 0.482 e. The largest absolute Gasteiger partial charge is 0.490 e. The van der Waals surface area contributed by atoms with Crippen LogP contribution in [0.3, 0.4) is 0 Å². The summed E-state index contributed by atoms with van der Waals surface area (Å²) in [4.78, 5) is 63.5. The predicted molar refractivity (Wildman–Crippen MR) is 184 cm³/mol. The molecule has 1 saturated carbocycles. The molecule has 0 atom stereocenters. The first kappa shape index (κ1) is 37.8. The maximum Gasteiger partial charge on any atom is 0.490 e. The Hall–Kier alpha value is -5.44. The molecule has 276 valence electrons. The molecule has 1 fully saturated rings. The van der Waals surface area contributed by atoms with E-state index in [-0.39, 0.29) is 36.3 Å². The number of aliphatic carboxylic acids is 1. The van der Waals surface area contributed by atoms with Gasteiger partial charge in [-0.1, -0.05) is 31.0 Å². The van der Waals surface area contributed by atoms with Crippen molar-refractivity contribution < 1.29 is 47.0 Å². The first-order valence-corrected chi connectivity index (χ1v) is 17.0. The summed E-state index contributed by atoms with van der Waals surface area (Å²) in [5, 5.41) is 12.9. The third-order valence-corrected chi connectivity index (χ3v) is 8.81. The van der Waals surface area contributed by atoms with E-state index < -0.39 is 12.1 Å². The van der Waals surface area contributed by atoms with Crippen molar-refractivity contribution in [2.24, 2.45) is 5.73 Å². The van der Waals surface area contributed by atoms with Crippen LogP contribution in [0.1, 0.15) is 82.4 Å². The lowest BCUT2D eigenvalue weighted by atomic mass is 10.1. The number of alkyl halides is 3. The minimum Gasteiger partial charge on any atom is -0.482 e. The summed E-state index contributed by atoms with van der Waals surface area (Å²) >= 11 is 0. The van der Waals surface area contributed by atoms with Crippen LogP contribution in [0.5, 0.6) is 5.75 Å². The van der Waals surface area contributed by atoms with Gasteiger partial charge in [-0.2, -0.15) is 13.2 Å². The number of ether oxygens (including phenoxy) is 1. The molecule has 0 spiro atoms. The summed E-state index contributed by atoms with van der Waals surface area (Å²) in [6.07, 6.45) is 1.33. The average Bonchev–Trinajstić information content (AvgIpc) is 3.87. The maximum atomic E-state index is 13.5. The van der Waals surface area contributed by atoms with Gasteiger partial charge in [0.25, 0.3) is 17.7 Å². The first-order chi connectivity index (χ1) is 24.8.